The molecular weight excluding hydrogens is 393 g/mol. The number of carbonyl (C=O) groups is 1. The van der Waals surface area contributed by atoms with Crippen LogP contribution in [0.1, 0.15) is 56.1 Å². The Kier molecular flexibility index (Phi) is 6.66. The van der Waals surface area contributed by atoms with E-state index in [1.807, 2.05) is 24.3 Å². The molecule has 0 atom stereocenters. The highest BCUT2D eigenvalue weighted by Crippen LogP contribution is 2.47. The lowest BCUT2D eigenvalue weighted by Gasteiger charge is -2.31. The predicted molar refractivity (Wildman–Crippen MR) is 87.5 cm³/mol. The zero-order valence-electron chi connectivity index (χ0n) is 15.2. The number of carbonyl (C=O) groups excluding carboxylic acids is 1. The third kappa shape index (κ3) is 4.60. The molecule has 1 aromatic carbocycles. The van der Waals surface area contributed by atoms with E-state index in [-0.39, 0.29) is 18.8 Å². The van der Waals surface area contributed by atoms with Crippen molar-refractivity contribution in [1.29, 1.82) is 0 Å². The molecule has 1 aliphatic carbocycles. The topological polar surface area (TPSA) is 26.3 Å². The van der Waals surface area contributed by atoms with Crippen LogP contribution in [0.2, 0.25) is 0 Å². The van der Waals surface area contributed by atoms with Gasteiger partial charge in [0.25, 0.3) is 0 Å². The van der Waals surface area contributed by atoms with Crippen molar-refractivity contribution in [3.05, 3.63) is 35.4 Å². The number of halogens is 7. The molecule has 0 heterocycles. The molecule has 0 N–H and O–H groups in total. The smallest absolute Gasteiger partial charge is 0.458 e. The van der Waals surface area contributed by atoms with Crippen molar-refractivity contribution >= 4 is 5.97 Å². The van der Waals surface area contributed by atoms with Crippen LogP contribution in [0.15, 0.2) is 24.3 Å². The molecule has 0 aliphatic heterocycles. The van der Waals surface area contributed by atoms with Crippen molar-refractivity contribution < 1.29 is 40.3 Å². The maximum absolute atomic E-state index is 13.3. The summed E-state index contributed by atoms with van der Waals surface area (Å²) in [5, 5.41) is 0. The fourth-order valence-electron chi connectivity index (χ4n) is 3.29. The molecule has 0 amide bonds. The van der Waals surface area contributed by atoms with E-state index in [4.69, 9.17) is 0 Å². The number of hydrogen-bond acceptors (Lipinski definition) is 2. The lowest BCUT2D eigenvalue weighted by atomic mass is 9.82. The number of alkyl halides is 7. The molecule has 1 aliphatic rings. The second-order valence-electron chi connectivity index (χ2n) is 7.02. The summed E-state index contributed by atoms with van der Waals surface area (Å²) in [5.74, 6) is -15.2. The molecule has 1 aromatic rings. The molecular formula is C19H21F7O2. The van der Waals surface area contributed by atoms with Gasteiger partial charge in [-0.3, -0.25) is 0 Å². The molecule has 0 radical (unpaired) electrons. The van der Waals surface area contributed by atoms with Crippen molar-refractivity contribution in [2.45, 2.75) is 75.5 Å². The van der Waals surface area contributed by atoms with E-state index in [1.54, 1.807) is 0 Å². The van der Waals surface area contributed by atoms with Gasteiger partial charge in [-0.2, -0.15) is 30.7 Å². The fraction of sp³-hybridized carbons (Fsp3) is 0.632. The van der Waals surface area contributed by atoms with Gasteiger partial charge in [0.05, 0.1) is 0 Å². The predicted octanol–water partition coefficient (Wildman–Crippen LogP) is 6.04. The van der Waals surface area contributed by atoms with E-state index in [0.717, 1.165) is 18.4 Å². The minimum Gasteiger partial charge on any atom is -0.458 e. The first kappa shape index (κ1) is 22.5. The van der Waals surface area contributed by atoms with Gasteiger partial charge >= 0.3 is 24.0 Å². The number of benzene rings is 1. The first-order valence-corrected chi connectivity index (χ1v) is 9.02. The zero-order chi connectivity index (χ0) is 21.2. The Balaban J connectivity index is 1.94. The summed E-state index contributed by atoms with van der Waals surface area (Å²) >= 11 is 0. The molecule has 0 saturated heterocycles. The molecule has 0 aromatic heterocycles. The zero-order valence-corrected chi connectivity index (χ0v) is 15.2. The minimum atomic E-state index is -6.56. The van der Waals surface area contributed by atoms with Gasteiger partial charge in [-0.25, -0.2) is 4.79 Å². The Hall–Kier alpha value is -1.80. The van der Waals surface area contributed by atoms with Crippen molar-refractivity contribution in [1.82, 2.24) is 0 Å². The van der Waals surface area contributed by atoms with Crippen LogP contribution in [0.25, 0.3) is 0 Å². The first-order valence-electron chi connectivity index (χ1n) is 9.02. The lowest BCUT2D eigenvalue weighted by molar-refractivity contribution is -0.349. The number of rotatable bonds is 6. The monoisotopic (exact) mass is 414 g/mol. The van der Waals surface area contributed by atoms with Gasteiger partial charge < -0.3 is 4.74 Å². The summed E-state index contributed by atoms with van der Waals surface area (Å²) in [6, 6.07) is 7.90. The van der Waals surface area contributed by atoms with Gasteiger partial charge in [0.1, 0.15) is 6.10 Å². The maximum Gasteiger partial charge on any atom is 0.460 e. The summed E-state index contributed by atoms with van der Waals surface area (Å²) < 4.78 is 93.2. The van der Waals surface area contributed by atoms with Gasteiger partial charge in [-0.15, -0.1) is 0 Å². The molecule has 9 heteroatoms. The summed E-state index contributed by atoms with van der Waals surface area (Å²) in [6.45, 7) is 2.06. The van der Waals surface area contributed by atoms with E-state index < -0.39 is 30.1 Å². The van der Waals surface area contributed by atoms with Crippen LogP contribution in [-0.2, 0) is 16.0 Å². The Morgan fingerprint density at radius 3 is 1.96 bits per heavy atom. The molecule has 28 heavy (non-hydrogen) atoms. The van der Waals surface area contributed by atoms with Crippen molar-refractivity contribution in [3.63, 3.8) is 0 Å². The average Bonchev–Trinajstić information content (AvgIpc) is 2.62. The average molecular weight is 414 g/mol. The Bertz CT molecular complexity index is 660. The van der Waals surface area contributed by atoms with E-state index in [1.165, 1.54) is 5.56 Å². The van der Waals surface area contributed by atoms with Gasteiger partial charge in [-0.1, -0.05) is 37.6 Å². The molecule has 0 spiro atoms. The van der Waals surface area contributed by atoms with E-state index in [2.05, 4.69) is 11.7 Å². The van der Waals surface area contributed by atoms with Crippen molar-refractivity contribution in [3.8, 4) is 0 Å². The van der Waals surface area contributed by atoms with Gasteiger partial charge in [0.2, 0.25) is 0 Å². The highest BCUT2D eigenvalue weighted by Gasteiger charge is 2.77. The van der Waals surface area contributed by atoms with E-state index in [9.17, 15) is 35.5 Å². The van der Waals surface area contributed by atoms with Crippen LogP contribution in [-0.4, -0.2) is 30.1 Å². The summed E-state index contributed by atoms with van der Waals surface area (Å²) in [4.78, 5) is 11.3. The highest BCUT2D eigenvalue weighted by molar-refractivity contribution is 5.79. The standard InChI is InChI=1S/C19H21F7O2/c1-2-3-12-4-6-13(7-5-12)14-8-10-15(11-9-14)28-16(27)17(20,21)18(22,23)19(24,25)26/h4-7,14-15H,2-3,8-11H2,1H3. The van der Waals surface area contributed by atoms with Crippen LogP contribution in [0, 0.1) is 0 Å². The number of aryl methyl sites for hydroxylation is 1. The third-order valence-corrected chi connectivity index (χ3v) is 4.94. The minimum absolute atomic E-state index is 0.0859. The number of hydrogen-bond donors (Lipinski definition) is 0. The second-order valence-corrected chi connectivity index (χ2v) is 7.02. The van der Waals surface area contributed by atoms with Crippen LogP contribution < -0.4 is 0 Å². The maximum atomic E-state index is 13.3. The molecule has 2 rings (SSSR count). The van der Waals surface area contributed by atoms with Crippen LogP contribution >= 0.6 is 0 Å². The number of esters is 1. The highest BCUT2D eigenvalue weighted by atomic mass is 19.4. The summed E-state index contributed by atoms with van der Waals surface area (Å²) in [6.07, 6.45) is -4.59. The lowest BCUT2D eigenvalue weighted by Crippen LogP contribution is -2.57. The summed E-state index contributed by atoms with van der Waals surface area (Å²) in [7, 11) is 0. The second kappa shape index (κ2) is 8.29. The third-order valence-electron chi connectivity index (χ3n) is 4.94. The van der Waals surface area contributed by atoms with Gasteiger partial charge in [0.15, 0.2) is 0 Å². The SMILES string of the molecule is CCCc1ccc(C2CCC(OC(=O)C(F)(F)C(F)(F)C(F)(F)F)CC2)cc1. The van der Waals surface area contributed by atoms with Crippen LogP contribution in [0.4, 0.5) is 30.7 Å². The normalized spacial score (nSPS) is 21.4. The van der Waals surface area contributed by atoms with Crippen molar-refractivity contribution in [2.75, 3.05) is 0 Å². The molecule has 1 saturated carbocycles. The molecule has 0 unspecified atom stereocenters. The Labute approximate surface area is 158 Å². The Morgan fingerprint density at radius 1 is 0.964 bits per heavy atom. The van der Waals surface area contributed by atoms with Crippen LogP contribution in [0.3, 0.4) is 0 Å². The number of ether oxygens (including phenoxy) is 1. The van der Waals surface area contributed by atoms with Crippen LogP contribution in [0.5, 0.6) is 0 Å². The van der Waals surface area contributed by atoms with Gasteiger partial charge in [0, 0.05) is 0 Å². The van der Waals surface area contributed by atoms with E-state index >= 15 is 0 Å². The van der Waals surface area contributed by atoms with Crippen molar-refractivity contribution in [2.24, 2.45) is 0 Å². The van der Waals surface area contributed by atoms with Gasteiger partial charge in [-0.05, 0) is 49.1 Å². The molecule has 1 fully saturated rings. The molecule has 2 nitrogen and oxygen atoms in total. The fourth-order valence-corrected chi connectivity index (χ4v) is 3.29. The summed E-state index contributed by atoms with van der Waals surface area (Å²) in [5.41, 5.74) is 2.21. The molecule has 0 bridgehead atoms. The Morgan fingerprint density at radius 2 is 1.50 bits per heavy atom. The van der Waals surface area contributed by atoms with E-state index in [0.29, 0.717) is 12.8 Å². The largest absolute Gasteiger partial charge is 0.460 e. The quantitative estimate of drug-likeness (QED) is 0.419. The molecule has 158 valence electrons. The first-order chi connectivity index (χ1) is 12.9.